The van der Waals surface area contributed by atoms with Crippen molar-refractivity contribution in [1.29, 1.82) is 0 Å². The number of nitro benzene ring substituents is 1. The summed E-state index contributed by atoms with van der Waals surface area (Å²) in [6.45, 7) is 2.16. The number of unbranched alkanes of at least 4 members (excludes halogenated alkanes) is 1. The molecule has 2 aromatic rings. The number of carbonyl (C=O) groups is 2. The van der Waals surface area contributed by atoms with Gasteiger partial charge in [-0.05, 0) is 24.6 Å². The molecule has 2 amide bonds. The zero-order valence-corrected chi connectivity index (χ0v) is 14.9. The molecule has 0 saturated heterocycles. The van der Waals surface area contributed by atoms with Gasteiger partial charge in [0.2, 0.25) is 0 Å². The summed E-state index contributed by atoms with van der Waals surface area (Å²) >= 11 is 0. The number of hydrogen-bond donors (Lipinski definition) is 2. The number of amides is 2. The van der Waals surface area contributed by atoms with E-state index < -0.39 is 17.4 Å². The Bertz CT molecular complexity index is 822. The van der Waals surface area contributed by atoms with Crippen molar-refractivity contribution in [3.05, 3.63) is 64.2 Å². The highest BCUT2D eigenvalue weighted by molar-refractivity contribution is 6.04. The normalized spacial score (nSPS) is 10.1. The Morgan fingerprint density at radius 2 is 1.81 bits per heavy atom. The van der Waals surface area contributed by atoms with E-state index in [9.17, 15) is 19.7 Å². The van der Waals surface area contributed by atoms with Crippen molar-refractivity contribution in [2.24, 2.45) is 0 Å². The molecule has 0 spiro atoms. The summed E-state index contributed by atoms with van der Waals surface area (Å²) in [6, 6.07) is 12.4. The van der Waals surface area contributed by atoms with Gasteiger partial charge in [0, 0.05) is 12.6 Å². The van der Waals surface area contributed by atoms with Gasteiger partial charge in [0.25, 0.3) is 11.8 Å². The van der Waals surface area contributed by atoms with Crippen molar-refractivity contribution in [3.8, 4) is 5.75 Å². The van der Waals surface area contributed by atoms with Crippen LogP contribution in [-0.4, -0.2) is 29.9 Å². The molecule has 0 aliphatic carbocycles. The number of ether oxygens (including phenoxy) is 1. The molecule has 0 aromatic heterocycles. The third kappa shape index (κ3) is 5.81. The lowest BCUT2D eigenvalue weighted by Gasteiger charge is -2.12. The standard InChI is InChI=1S/C19H21N3O5/c1-2-3-12-20-19(24)14-8-4-5-9-15(14)21-18(23)13-27-17-11-7-6-10-16(17)22(25)26/h4-11H,2-3,12-13H2,1H3,(H,20,24)(H,21,23). The quantitative estimate of drug-likeness (QED) is 0.400. The monoisotopic (exact) mass is 371 g/mol. The highest BCUT2D eigenvalue weighted by Crippen LogP contribution is 2.25. The third-order valence-corrected chi connectivity index (χ3v) is 3.68. The van der Waals surface area contributed by atoms with Crippen LogP contribution in [-0.2, 0) is 4.79 Å². The van der Waals surface area contributed by atoms with Crippen molar-refractivity contribution in [1.82, 2.24) is 5.32 Å². The minimum atomic E-state index is -0.580. The van der Waals surface area contributed by atoms with Crippen molar-refractivity contribution >= 4 is 23.2 Å². The maximum atomic E-state index is 12.3. The molecule has 0 saturated carbocycles. The number of anilines is 1. The Morgan fingerprint density at radius 1 is 1.11 bits per heavy atom. The van der Waals surface area contributed by atoms with Crippen molar-refractivity contribution in [3.63, 3.8) is 0 Å². The first-order valence-electron chi connectivity index (χ1n) is 8.56. The van der Waals surface area contributed by atoms with Gasteiger partial charge in [0.05, 0.1) is 16.2 Å². The first kappa shape index (κ1) is 19.9. The lowest BCUT2D eigenvalue weighted by Crippen LogP contribution is -2.27. The summed E-state index contributed by atoms with van der Waals surface area (Å²) in [7, 11) is 0. The van der Waals surface area contributed by atoms with Crippen LogP contribution in [0.5, 0.6) is 5.75 Å². The van der Waals surface area contributed by atoms with E-state index >= 15 is 0 Å². The molecule has 0 unspecified atom stereocenters. The van der Waals surface area contributed by atoms with Crippen LogP contribution in [0.3, 0.4) is 0 Å². The van der Waals surface area contributed by atoms with Crippen LogP contribution in [0.15, 0.2) is 48.5 Å². The van der Waals surface area contributed by atoms with Crippen LogP contribution in [0.2, 0.25) is 0 Å². The fraction of sp³-hybridized carbons (Fsp3) is 0.263. The van der Waals surface area contributed by atoms with E-state index in [1.807, 2.05) is 6.92 Å². The second kappa shape index (κ2) is 9.91. The average molecular weight is 371 g/mol. The fourth-order valence-electron chi connectivity index (χ4n) is 2.32. The lowest BCUT2D eigenvalue weighted by molar-refractivity contribution is -0.385. The smallest absolute Gasteiger partial charge is 0.310 e. The molecule has 2 N–H and O–H groups in total. The molecule has 8 nitrogen and oxygen atoms in total. The summed E-state index contributed by atoms with van der Waals surface area (Å²) in [5.74, 6) is -0.802. The Kier molecular flexibility index (Phi) is 7.30. The molecule has 0 aliphatic rings. The van der Waals surface area contributed by atoms with E-state index in [4.69, 9.17) is 4.74 Å². The molecule has 2 rings (SSSR count). The van der Waals surface area contributed by atoms with Crippen LogP contribution in [0.1, 0.15) is 30.1 Å². The predicted molar refractivity (Wildman–Crippen MR) is 101 cm³/mol. The zero-order chi connectivity index (χ0) is 19.6. The molecule has 0 fully saturated rings. The highest BCUT2D eigenvalue weighted by Gasteiger charge is 2.16. The molecular formula is C19H21N3O5. The van der Waals surface area contributed by atoms with Crippen molar-refractivity contribution in [2.75, 3.05) is 18.5 Å². The largest absolute Gasteiger partial charge is 0.477 e. The number of carbonyl (C=O) groups excluding carboxylic acids is 2. The zero-order valence-electron chi connectivity index (χ0n) is 14.9. The number of rotatable bonds is 9. The molecule has 0 aliphatic heterocycles. The predicted octanol–water partition coefficient (Wildman–Crippen LogP) is 3.14. The molecule has 0 heterocycles. The maximum absolute atomic E-state index is 12.3. The summed E-state index contributed by atoms with van der Waals surface area (Å²) in [4.78, 5) is 34.8. The number of nitrogens with zero attached hydrogens (tertiary/aromatic N) is 1. The molecule has 27 heavy (non-hydrogen) atoms. The lowest BCUT2D eigenvalue weighted by atomic mass is 10.1. The number of hydrogen-bond acceptors (Lipinski definition) is 5. The summed E-state index contributed by atoms with van der Waals surface area (Å²) in [5.41, 5.74) is 0.469. The van der Waals surface area contributed by atoms with Gasteiger partial charge in [-0.15, -0.1) is 0 Å². The van der Waals surface area contributed by atoms with Gasteiger partial charge in [-0.3, -0.25) is 19.7 Å². The highest BCUT2D eigenvalue weighted by atomic mass is 16.6. The van der Waals surface area contributed by atoms with Crippen molar-refractivity contribution < 1.29 is 19.2 Å². The third-order valence-electron chi connectivity index (χ3n) is 3.68. The van der Waals surface area contributed by atoms with Gasteiger partial charge in [0.15, 0.2) is 12.4 Å². The van der Waals surface area contributed by atoms with E-state index in [0.717, 1.165) is 12.8 Å². The van der Waals surface area contributed by atoms with Crippen LogP contribution in [0.25, 0.3) is 0 Å². The minimum Gasteiger partial charge on any atom is -0.477 e. The second-order valence-electron chi connectivity index (χ2n) is 5.72. The molecule has 142 valence electrons. The Balaban J connectivity index is 2.00. The fourth-order valence-corrected chi connectivity index (χ4v) is 2.32. The van der Waals surface area contributed by atoms with Gasteiger partial charge in [-0.1, -0.05) is 37.6 Å². The number of nitro groups is 1. The molecule has 0 bridgehead atoms. The van der Waals surface area contributed by atoms with Gasteiger partial charge in [0.1, 0.15) is 0 Å². The van der Waals surface area contributed by atoms with E-state index in [1.54, 1.807) is 30.3 Å². The topological polar surface area (TPSA) is 111 Å². The second-order valence-corrected chi connectivity index (χ2v) is 5.72. The van der Waals surface area contributed by atoms with Gasteiger partial charge in [-0.2, -0.15) is 0 Å². The van der Waals surface area contributed by atoms with Crippen LogP contribution in [0, 0.1) is 10.1 Å². The summed E-state index contributed by atoms with van der Waals surface area (Å²) < 4.78 is 5.26. The van der Waals surface area contributed by atoms with E-state index in [-0.39, 0.29) is 17.3 Å². The van der Waals surface area contributed by atoms with Gasteiger partial charge in [-0.25, -0.2) is 0 Å². The number of benzene rings is 2. The SMILES string of the molecule is CCCCNC(=O)c1ccccc1NC(=O)COc1ccccc1[N+](=O)[O-]. The van der Waals surface area contributed by atoms with Crippen LogP contribution >= 0.6 is 0 Å². The Morgan fingerprint density at radius 3 is 2.56 bits per heavy atom. The van der Waals surface area contributed by atoms with Gasteiger partial charge < -0.3 is 15.4 Å². The number of para-hydroxylation sites is 3. The van der Waals surface area contributed by atoms with E-state index in [2.05, 4.69) is 10.6 Å². The van der Waals surface area contributed by atoms with Crippen LogP contribution in [0.4, 0.5) is 11.4 Å². The van der Waals surface area contributed by atoms with Crippen molar-refractivity contribution in [2.45, 2.75) is 19.8 Å². The molecular weight excluding hydrogens is 350 g/mol. The summed E-state index contributed by atoms with van der Waals surface area (Å²) in [5, 5.41) is 16.4. The van der Waals surface area contributed by atoms with Gasteiger partial charge >= 0.3 is 5.69 Å². The minimum absolute atomic E-state index is 0.00300. The molecule has 8 heteroatoms. The number of nitrogens with one attached hydrogen (secondary N) is 2. The van der Waals surface area contributed by atoms with E-state index in [1.165, 1.54) is 18.2 Å². The molecule has 2 aromatic carbocycles. The molecule has 0 radical (unpaired) electrons. The van der Waals surface area contributed by atoms with Crippen LogP contribution < -0.4 is 15.4 Å². The van der Waals surface area contributed by atoms with E-state index in [0.29, 0.717) is 17.8 Å². The first-order chi connectivity index (χ1) is 13.0. The Labute approximate surface area is 156 Å². The summed E-state index contributed by atoms with van der Waals surface area (Å²) in [6.07, 6.45) is 1.82. The maximum Gasteiger partial charge on any atom is 0.310 e. The first-order valence-corrected chi connectivity index (χ1v) is 8.56. The average Bonchev–Trinajstić information content (AvgIpc) is 2.67. The Hall–Kier alpha value is -3.42. The molecule has 0 atom stereocenters.